The molecule has 8 heteroatoms. The topological polar surface area (TPSA) is 46.5 Å². The Bertz CT molecular complexity index is 577. The highest BCUT2D eigenvalue weighted by atomic mass is 127. The Morgan fingerprint density at radius 1 is 1.00 bits per heavy atom. The number of nitrogens with zero attached hydrogens (tertiary/aromatic N) is 5. The number of likely N-dealkylation sites (N-methyl/N-ethyl adjacent to an activating group) is 1. The number of anilines is 1. The standard InChI is InChI=1S/C20H34N6.2HI/c1-6-17(7-2)21-13-14-26(8-3)19-11-9-18(10-12-19)22-23-20-24(4)15-16-25(20)5;;/h9-12,15-17,20-21H,6-8,13-14H2,1-5H3;2*1H. The molecule has 0 spiro atoms. The van der Waals surface area contributed by atoms with E-state index >= 15 is 0 Å². The van der Waals surface area contributed by atoms with E-state index in [9.17, 15) is 0 Å². The van der Waals surface area contributed by atoms with Gasteiger partial charge in [-0.15, -0.1) is 53.1 Å². The molecule has 2 rings (SSSR count). The minimum Gasteiger partial charge on any atom is -0.371 e. The molecule has 1 aromatic rings. The van der Waals surface area contributed by atoms with Gasteiger partial charge in [-0.3, -0.25) is 0 Å². The zero-order chi connectivity index (χ0) is 18.9. The molecule has 28 heavy (non-hydrogen) atoms. The van der Waals surface area contributed by atoms with E-state index in [1.807, 2.05) is 48.4 Å². The van der Waals surface area contributed by atoms with Crippen molar-refractivity contribution >= 4 is 59.3 Å². The molecule has 0 bridgehead atoms. The fraction of sp³-hybridized carbons (Fsp3) is 0.600. The Labute approximate surface area is 204 Å². The van der Waals surface area contributed by atoms with E-state index in [2.05, 4.69) is 53.3 Å². The van der Waals surface area contributed by atoms with Gasteiger partial charge in [0.15, 0.2) is 0 Å². The number of benzene rings is 1. The van der Waals surface area contributed by atoms with Crippen LogP contribution < -0.4 is 10.2 Å². The van der Waals surface area contributed by atoms with Crippen molar-refractivity contribution < 1.29 is 0 Å². The molecule has 0 fully saturated rings. The summed E-state index contributed by atoms with van der Waals surface area (Å²) in [6.45, 7) is 9.69. The molecule has 0 unspecified atom stereocenters. The molecule has 0 amide bonds. The Kier molecular flexibility index (Phi) is 14.1. The average Bonchev–Trinajstić information content (AvgIpc) is 2.99. The molecular formula is C20H36I2N6. The highest BCUT2D eigenvalue weighted by Crippen LogP contribution is 2.21. The lowest BCUT2D eigenvalue weighted by Gasteiger charge is -2.25. The third-order valence-electron chi connectivity index (χ3n) is 4.94. The summed E-state index contributed by atoms with van der Waals surface area (Å²) in [7, 11) is 4.00. The lowest BCUT2D eigenvalue weighted by molar-refractivity contribution is 0.206. The van der Waals surface area contributed by atoms with Crippen molar-refractivity contribution in [2.45, 2.75) is 45.9 Å². The number of azo groups is 1. The molecule has 160 valence electrons. The quantitative estimate of drug-likeness (QED) is 0.290. The molecular weight excluding hydrogens is 578 g/mol. The zero-order valence-electron chi connectivity index (χ0n) is 17.7. The van der Waals surface area contributed by atoms with Crippen LogP contribution in [-0.2, 0) is 0 Å². The molecule has 6 nitrogen and oxygen atoms in total. The first-order valence-electron chi connectivity index (χ1n) is 9.70. The second kappa shape index (κ2) is 14.4. The van der Waals surface area contributed by atoms with Crippen LogP contribution in [0.4, 0.5) is 11.4 Å². The maximum atomic E-state index is 4.43. The third-order valence-corrected chi connectivity index (χ3v) is 4.94. The predicted molar refractivity (Wildman–Crippen MR) is 141 cm³/mol. The van der Waals surface area contributed by atoms with Crippen LogP contribution in [0, 0.1) is 0 Å². The van der Waals surface area contributed by atoms with Crippen LogP contribution in [0.5, 0.6) is 0 Å². The minimum atomic E-state index is -0.0574. The minimum absolute atomic E-state index is 0. The molecule has 1 aliphatic heterocycles. The third kappa shape index (κ3) is 8.02. The van der Waals surface area contributed by atoms with Gasteiger partial charge in [-0.25, -0.2) is 0 Å². The maximum Gasteiger partial charge on any atom is 0.217 e. The summed E-state index contributed by atoms with van der Waals surface area (Å²) in [5, 5.41) is 12.5. The fourth-order valence-electron chi connectivity index (χ4n) is 3.11. The maximum absolute atomic E-state index is 4.43. The second-order valence-electron chi connectivity index (χ2n) is 6.75. The van der Waals surface area contributed by atoms with Crippen molar-refractivity contribution in [2.75, 3.05) is 38.6 Å². The van der Waals surface area contributed by atoms with Gasteiger partial charge in [0.1, 0.15) is 0 Å². The number of halogens is 2. The highest BCUT2D eigenvalue weighted by molar-refractivity contribution is 14.0. The first-order valence-corrected chi connectivity index (χ1v) is 9.70. The van der Waals surface area contributed by atoms with Crippen LogP contribution >= 0.6 is 48.0 Å². The van der Waals surface area contributed by atoms with Crippen LogP contribution in [0.15, 0.2) is 46.9 Å². The van der Waals surface area contributed by atoms with E-state index in [4.69, 9.17) is 0 Å². The van der Waals surface area contributed by atoms with E-state index in [0.717, 1.165) is 25.3 Å². The monoisotopic (exact) mass is 614 g/mol. The van der Waals surface area contributed by atoms with Crippen LogP contribution in [0.2, 0.25) is 0 Å². The van der Waals surface area contributed by atoms with E-state index in [-0.39, 0.29) is 54.2 Å². The second-order valence-corrected chi connectivity index (χ2v) is 6.75. The van der Waals surface area contributed by atoms with E-state index in [0.29, 0.717) is 6.04 Å². The fourth-order valence-corrected chi connectivity index (χ4v) is 3.11. The lowest BCUT2D eigenvalue weighted by Crippen LogP contribution is -2.36. The van der Waals surface area contributed by atoms with Crippen molar-refractivity contribution in [2.24, 2.45) is 10.2 Å². The normalized spacial score (nSPS) is 13.9. The van der Waals surface area contributed by atoms with Gasteiger partial charge in [0.25, 0.3) is 0 Å². The highest BCUT2D eigenvalue weighted by Gasteiger charge is 2.19. The summed E-state index contributed by atoms with van der Waals surface area (Å²) < 4.78 is 0. The van der Waals surface area contributed by atoms with Gasteiger partial charge in [0, 0.05) is 57.9 Å². The first kappa shape index (κ1) is 27.4. The summed E-state index contributed by atoms with van der Waals surface area (Å²) in [6, 6.07) is 8.97. The van der Waals surface area contributed by atoms with Gasteiger partial charge >= 0.3 is 0 Å². The first-order chi connectivity index (χ1) is 12.6. The molecule has 0 saturated heterocycles. The zero-order valence-corrected chi connectivity index (χ0v) is 22.4. The predicted octanol–water partition coefficient (Wildman–Crippen LogP) is 5.24. The Morgan fingerprint density at radius 3 is 2.07 bits per heavy atom. The van der Waals surface area contributed by atoms with Crippen LogP contribution in [0.25, 0.3) is 0 Å². The van der Waals surface area contributed by atoms with E-state index in [1.54, 1.807) is 0 Å². The summed E-state index contributed by atoms with van der Waals surface area (Å²) in [5.41, 5.74) is 2.11. The molecule has 0 aliphatic carbocycles. The Morgan fingerprint density at radius 2 is 1.57 bits per heavy atom. The van der Waals surface area contributed by atoms with Gasteiger partial charge in [-0.2, -0.15) is 5.11 Å². The molecule has 1 aromatic carbocycles. The summed E-state index contributed by atoms with van der Waals surface area (Å²) >= 11 is 0. The summed E-state index contributed by atoms with van der Waals surface area (Å²) in [6.07, 6.45) is 6.31. The van der Waals surface area contributed by atoms with Crippen molar-refractivity contribution in [3.63, 3.8) is 0 Å². The van der Waals surface area contributed by atoms with Gasteiger partial charge in [-0.05, 0) is 44.0 Å². The van der Waals surface area contributed by atoms with E-state index in [1.165, 1.54) is 18.5 Å². The van der Waals surface area contributed by atoms with Crippen molar-refractivity contribution in [3.8, 4) is 0 Å². The smallest absolute Gasteiger partial charge is 0.217 e. The Balaban J connectivity index is 0.00000364. The molecule has 0 atom stereocenters. The molecule has 0 saturated carbocycles. The number of hydrogen-bond acceptors (Lipinski definition) is 6. The SMILES string of the molecule is CCC(CC)NCCN(CC)c1ccc(N=NC2N(C)C=CN2C)cc1.I.I. The van der Waals surface area contributed by atoms with Crippen LogP contribution in [0.3, 0.4) is 0 Å². The van der Waals surface area contributed by atoms with Gasteiger partial charge in [0.05, 0.1) is 5.69 Å². The molecule has 1 aliphatic rings. The van der Waals surface area contributed by atoms with E-state index < -0.39 is 0 Å². The number of nitrogens with one attached hydrogen (secondary N) is 1. The largest absolute Gasteiger partial charge is 0.371 e. The van der Waals surface area contributed by atoms with Gasteiger partial charge in [-0.1, -0.05) is 13.8 Å². The molecule has 0 aromatic heterocycles. The lowest BCUT2D eigenvalue weighted by atomic mass is 10.2. The van der Waals surface area contributed by atoms with Gasteiger partial charge < -0.3 is 20.0 Å². The van der Waals surface area contributed by atoms with Crippen molar-refractivity contribution in [3.05, 3.63) is 36.7 Å². The van der Waals surface area contributed by atoms with Crippen LogP contribution in [-0.4, -0.2) is 55.9 Å². The average molecular weight is 614 g/mol. The molecule has 1 N–H and O–H groups in total. The number of rotatable bonds is 10. The van der Waals surface area contributed by atoms with Crippen molar-refractivity contribution in [1.29, 1.82) is 0 Å². The molecule has 0 radical (unpaired) electrons. The number of hydrogen-bond donors (Lipinski definition) is 1. The summed E-state index contributed by atoms with van der Waals surface area (Å²) in [5.74, 6) is 0. The van der Waals surface area contributed by atoms with Crippen LogP contribution in [0.1, 0.15) is 33.6 Å². The van der Waals surface area contributed by atoms with Gasteiger partial charge in [0.2, 0.25) is 6.29 Å². The molecule has 1 heterocycles. The van der Waals surface area contributed by atoms with Crippen molar-refractivity contribution in [1.82, 2.24) is 15.1 Å². The Hall–Kier alpha value is -0.620. The summed E-state index contributed by atoms with van der Waals surface area (Å²) in [4.78, 5) is 6.45.